The zero-order chi connectivity index (χ0) is 30.3. The standard InChI is InChI=1S/C27H26N6O7S3/c1-32-26(29-30-31-32)43-13-17-12-42-25-27(39-2,24(38)33(25)20(17)22(35)36)28-21(34)19(16-8-9-41-11-16)23(37)40-18-7-6-14-4-3-5-15(14)10-18/h6-11,19,25H,3-5,12-13H2,1-2H3,(H,28,34)(H,35,36)/t19?,25-,27+/m1/s1. The number of aliphatic carboxylic acids is 1. The van der Waals surface area contributed by atoms with Crippen molar-refractivity contribution in [3.05, 3.63) is 63.0 Å². The van der Waals surface area contributed by atoms with Crippen LogP contribution in [-0.4, -0.2) is 83.7 Å². The molecule has 1 fully saturated rings. The van der Waals surface area contributed by atoms with Gasteiger partial charge in [0, 0.05) is 25.7 Å². The fourth-order valence-electron chi connectivity index (χ4n) is 5.43. The molecule has 0 spiro atoms. The van der Waals surface area contributed by atoms with Crippen molar-refractivity contribution in [3.8, 4) is 5.75 Å². The number of carboxylic acid groups (broad SMARTS) is 1. The van der Waals surface area contributed by atoms with Crippen molar-refractivity contribution in [1.29, 1.82) is 0 Å². The molecule has 43 heavy (non-hydrogen) atoms. The number of thioether (sulfide) groups is 2. The van der Waals surface area contributed by atoms with Crippen LogP contribution in [0.4, 0.5) is 0 Å². The SMILES string of the molecule is CO[C@@]1(NC(=O)C(C(=O)Oc2ccc3c(c2)CCC3)c2ccsc2)C(=O)N2C(C(=O)O)=C(CSc3nnnn3C)CS[C@@H]21. The van der Waals surface area contributed by atoms with Crippen LogP contribution in [0.2, 0.25) is 0 Å². The summed E-state index contributed by atoms with van der Waals surface area (Å²) in [4.78, 5) is 54.3. The summed E-state index contributed by atoms with van der Waals surface area (Å²) in [6.07, 6.45) is 2.91. The second-order valence-corrected chi connectivity index (χ2v) is 12.9. The van der Waals surface area contributed by atoms with Gasteiger partial charge < -0.3 is 19.9 Å². The largest absolute Gasteiger partial charge is 0.477 e. The van der Waals surface area contributed by atoms with Gasteiger partial charge >= 0.3 is 11.9 Å². The number of β-lactam (4-membered cyclic amide) rings is 1. The number of carboxylic acids is 1. The van der Waals surface area contributed by atoms with Crippen molar-refractivity contribution < 1.29 is 33.8 Å². The minimum absolute atomic E-state index is 0.177. The summed E-state index contributed by atoms with van der Waals surface area (Å²) >= 11 is 3.80. The predicted octanol–water partition coefficient (Wildman–Crippen LogP) is 1.95. The normalized spacial score (nSPS) is 21.6. The maximum absolute atomic E-state index is 13.8. The fourth-order valence-corrected chi connectivity index (χ4v) is 8.54. The Morgan fingerprint density at radius 2 is 2.07 bits per heavy atom. The maximum atomic E-state index is 13.8. The molecule has 224 valence electrons. The number of tetrazole rings is 1. The molecule has 2 aliphatic heterocycles. The van der Waals surface area contributed by atoms with Crippen molar-refractivity contribution in [2.75, 3.05) is 18.6 Å². The topological polar surface area (TPSA) is 166 Å². The molecule has 2 amide bonds. The Morgan fingerprint density at radius 1 is 1.26 bits per heavy atom. The second-order valence-electron chi connectivity index (χ2n) is 10.1. The Morgan fingerprint density at radius 3 is 2.77 bits per heavy atom. The van der Waals surface area contributed by atoms with Gasteiger partial charge in [-0.2, -0.15) is 11.3 Å². The van der Waals surface area contributed by atoms with Crippen molar-refractivity contribution in [2.45, 2.75) is 41.4 Å². The van der Waals surface area contributed by atoms with Crippen molar-refractivity contribution in [2.24, 2.45) is 7.05 Å². The van der Waals surface area contributed by atoms with Crippen molar-refractivity contribution in [1.82, 2.24) is 30.4 Å². The zero-order valence-corrected chi connectivity index (χ0v) is 25.5. The molecular weight excluding hydrogens is 617 g/mol. The van der Waals surface area contributed by atoms with Crippen LogP contribution in [0.5, 0.6) is 5.75 Å². The molecular formula is C27H26N6O7S3. The number of carbonyl (C=O) groups is 4. The molecule has 2 aromatic heterocycles. The number of ether oxygens (including phenoxy) is 2. The van der Waals surface area contributed by atoms with Gasteiger partial charge in [0.2, 0.25) is 11.1 Å². The Kier molecular flexibility index (Phi) is 8.02. The number of rotatable bonds is 10. The van der Waals surface area contributed by atoms with Gasteiger partial charge in [0.1, 0.15) is 16.8 Å². The predicted molar refractivity (Wildman–Crippen MR) is 156 cm³/mol. The number of aryl methyl sites for hydroxylation is 3. The van der Waals surface area contributed by atoms with E-state index in [4.69, 9.17) is 9.47 Å². The average molecular weight is 643 g/mol. The first-order valence-corrected chi connectivity index (χ1v) is 16.2. The number of methoxy groups -OCH3 is 1. The number of thiophene rings is 1. The molecule has 6 rings (SSSR count). The molecule has 4 heterocycles. The Bertz CT molecular complexity index is 1640. The third-order valence-corrected chi connectivity index (χ3v) is 10.7. The van der Waals surface area contributed by atoms with E-state index in [9.17, 15) is 24.3 Å². The van der Waals surface area contributed by atoms with Gasteiger partial charge in [0.25, 0.3) is 11.6 Å². The lowest BCUT2D eigenvalue weighted by molar-refractivity contribution is -0.193. The monoisotopic (exact) mass is 642 g/mol. The fraction of sp³-hybridized carbons (Fsp3) is 0.370. The third-order valence-electron chi connectivity index (χ3n) is 7.56. The number of aromatic nitrogens is 4. The molecule has 1 saturated heterocycles. The molecule has 0 radical (unpaired) electrons. The first-order chi connectivity index (χ1) is 20.7. The van der Waals surface area contributed by atoms with E-state index in [0.717, 1.165) is 29.7 Å². The molecule has 2 N–H and O–H groups in total. The minimum atomic E-state index is -1.88. The molecule has 1 aromatic carbocycles. The molecule has 16 heteroatoms. The number of esters is 1. The molecule has 1 aliphatic carbocycles. The number of benzene rings is 1. The summed E-state index contributed by atoms with van der Waals surface area (Å²) in [5.41, 5.74) is 1.18. The summed E-state index contributed by atoms with van der Waals surface area (Å²) in [5, 5.41) is 27.0. The first kappa shape index (κ1) is 29.3. The number of nitrogens with zero attached hydrogens (tertiary/aromatic N) is 5. The third kappa shape index (κ3) is 5.21. The lowest BCUT2D eigenvalue weighted by Crippen LogP contribution is -2.81. The second kappa shape index (κ2) is 11.7. The highest BCUT2D eigenvalue weighted by molar-refractivity contribution is 8.01. The summed E-state index contributed by atoms with van der Waals surface area (Å²) < 4.78 is 12.7. The Labute approximate surface area is 258 Å². The number of hydrogen-bond donors (Lipinski definition) is 2. The van der Waals surface area contributed by atoms with Crippen LogP contribution in [0.15, 0.2) is 51.5 Å². The number of fused-ring (bicyclic) bond motifs is 2. The van der Waals surface area contributed by atoms with Gasteiger partial charge in [0.05, 0.1) is 0 Å². The van der Waals surface area contributed by atoms with Gasteiger partial charge in [-0.15, -0.1) is 16.9 Å². The van der Waals surface area contributed by atoms with E-state index >= 15 is 0 Å². The van der Waals surface area contributed by atoms with Gasteiger partial charge in [-0.1, -0.05) is 17.8 Å². The van der Waals surface area contributed by atoms with E-state index in [0.29, 0.717) is 22.0 Å². The van der Waals surface area contributed by atoms with Crippen LogP contribution >= 0.6 is 34.9 Å². The summed E-state index contributed by atoms with van der Waals surface area (Å²) in [6, 6.07) is 7.10. The summed E-state index contributed by atoms with van der Waals surface area (Å²) in [6.45, 7) is 0. The van der Waals surface area contributed by atoms with E-state index < -0.39 is 40.8 Å². The molecule has 3 aromatic rings. The zero-order valence-electron chi connectivity index (χ0n) is 23.0. The van der Waals surface area contributed by atoms with E-state index in [1.54, 1.807) is 29.9 Å². The highest BCUT2D eigenvalue weighted by Crippen LogP contribution is 2.47. The van der Waals surface area contributed by atoms with Gasteiger partial charge in [-0.3, -0.25) is 19.3 Å². The summed E-state index contributed by atoms with van der Waals surface area (Å²) in [7, 11) is 2.93. The smallest absolute Gasteiger partial charge is 0.352 e. The van der Waals surface area contributed by atoms with Crippen LogP contribution in [0.3, 0.4) is 0 Å². The van der Waals surface area contributed by atoms with Gasteiger partial charge in [-0.25, -0.2) is 9.48 Å². The Hall–Kier alpha value is -3.73. The lowest BCUT2D eigenvalue weighted by Gasteiger charge is -2.56. The summed E-state index contributed by atoms with van der Waals surface area (Å²) in [5.74, 6) is -4.19. The van der Waals surface area contributed by atoms with Crippen molar-refractivity contribution >= 4 is 58.6 Å². The number of carbonyl (C=O) groups excluding carboxylic acids is 3. The quantitative estimate of drug-likeness (QED) is 0.0826. The van der Waals surface area contributed by atoms with Crippen molar-refractivity contribution in [3.63, 3.8) is 0 Å². The van der Waals surface area contributed by atoms with Crippen LogP contribution in [-0.2, 0) is 43.8 Å². The van der Waals surface area contributed by atoms with Crippen LogP contribution in [0, 0.1) is 0 Å². The van der Waals surface area contributed by atoms with E-state index in [1.807, 2.05) is 12.1 Å². The average Bonchev–Trinajstić information content (AvgIpc) is 3.77. The molecule has 13 nitrogen and oxygen atoms in total. The van der Waals surface area contributed by atoms with Crippen LogP contribution < -0.4 is 10.1 Å². The van der Waals surface area contributed by atoms with E-state index in [-0.39, 0.29) is 17.2 Å². The molecule has 3 atom stereocenters. The molecule has 0 bridgehead atoms. The highest BCUT2D eigenvalue weighted by atomic mass is 32.2. The number of hydrogen-bond acceptors (Lipinski definition) is 12. The first-order valence-electron chi connectivity index (χ1n) is 13.2. The highest BCUT2D eigenvalue weighted by Gasteiger charge is 2.67. The van der Waals surface area contributed by atoms with Crippen LogP contribution in [0.25, 0.3) is 0 Å². The molecule has 1 unspecified atom stereocenters. The van der Waals surface area contributed by atoms with Crippen LogP contribution in [0.1, 0.15) is 29.0 Å². The number of amides is 2. The number of nitrogens with one attached hydrogen (secondary N) is 1. The molecule has 0 saturated carbocycles. The molecule has 3 aliphatic rings. The van der Waals surface area contributed by atoms with Gasteiger partial charge in [-0.05, 0) is 80.9 Å². The maximum Gasteiger partial charge on any atom is 0.352 e. The van der Waals surface area contributed by atoms with Gasteiger partial charge in [0.15, 0.2) is 5.92 Å². The minimum Gasteiger partial charge on any atom is -0.477 e. The Balaban J connectivity index is 1.23. The van der Waals surface area contributed by atoms with E-state index in [1.165, 1.54) is 52.2 Å². The lowest BCUT2D eigenvalue weighted by atomic mass is 9.95. The van der Waals surface area contributed by atoms with E-state index in [2.05, 4.69) is 20.8 Å².